The Morgan fingerprint density at radius 1 is 0.971 bits per heavy atom. The molecule has 0 bridgehead atoms. The molecular formula is C29H23BrN2OS. The Labute approximate surface area is 212 Å². The average molecular weight is 527 g/mol. The zero-order valence-electron chi connectivity index (χ0n) is 18.5. The third kappa shape index (κ3) is 4.54. The number of fused-ring (bicyclic) bond motifs is 1. The molecule has 5 heteroatoms. The highest BCUT2D eigenvalue weighted by Gasteiger charge is 2.34. The summed E-state index contributed by atoms with van der Waals surface area (Å²) in [6.45, 7) is 0. The van der Waals surface area contributed by atoms with Gasteiger partial charge in [-0.25, -0.2) is 4.98 Å². The molecule has 0 saturated heterocycles. The van der Waals surface area contributed by atoms with Gasteiger partial charge in [0.1, 0.15) is 11.1 Å². The molecule has 0 amide bonds. The molecule has 1 heterocycles. The first-order valence-corrected chi connectivity index (χ1v) is 13.1. The Morgan fingerprint density at radius 2 is 1.71 bits per heavy atom. The number of hydrogen-bond acceptors (Lipinski definition) is 4. The standard InChI is InChI=1S/C29H23BrN2OS/c30-23-14-12-22(13-15-23)27-17-24(20-7-2-1-3-8-20)25(18-31)28(32-27)34-19-29(33)16-6-10-21-9-4-5-11-26(21)29/h1-5,7-9,11-15,17,33H,6,10,16,19H2. The SMILES string of the molecule is N#Cc1c(-c2ccccc2)cc(-c2ccc(Br)cc2)nc1SCC1(O)CCCc2ccccc21. The third-order valence-corrected chi connectivity index (χ3v) is 8.05. The van der Waals surface area contributed by atoms with Crippen LogP contribution in [-0.4, -0.2) is 15.8 Å². The van der Waals surface area contributed by atoms with Gasteiger partial charge in [0.05, 0.1) is 16.9 Å². The lowest BCUT2D eigenvalue weighted by molar-refractivity contribution is 0.0438. The number of thioether (sulfide) groups is 1. The number of benzene rings is 3. The van der Waals surface area contributed by atoms with Crippen molar-refractivity contribution in [2.45, 2.75) is 29.9 Å². The number of rotatable bonds is 5. The van der Waals surface area contributed by atoms with Gasteiger partial charge in [-0.05, 0) is 54.2 Å². The molecule has 3 nitrogen and oxygen atoms in total. The number of aryl methyl sites for hydroxylation is 1. The third-order valence-electron chi connectivity index (χ3n) is 6.33. The Bertz CT molecular complexity index is 1370. The van der Waals surface area contributed by atoms with E-state index in [0.717, 1.165) is 45.3 Å². The van der Waals surface area contributed by atoms with Gasteiger partial charge in [-0.3, -0.25) is 0 Å². The van der Waals surface area contributed by atoms with Crippen LogP contribution in [-0.2, 0) is 12.0 Å². The van der Waals surface area contributed by atoms with Gasteiger partial charge in [0.2, 0.25) is 0 Å². The number of pyridine rings is 1. The Kier molecular flexibility index (Phi) is 6.56. The van der Waals surface area contributed by atoms with Crippen LogP contribution >= 0.6 is 27.7 Å². The summed E-state index contributed by atoms with van der Waals surface area (Å²) in [6.07, 6.45) is 2.64. The highest BCUT2D eigenvalue weighted by atomic mass is 79.9. The second-order valence-electron chi connectivity index (χ2n) is 8.55. The first kappa shape index (κ1) is 22.9. The molecule has 168 valence electrons. The minimum Gasteiger partial charge on any atom is -0.384 e. The maximum atomic E-state index is 11.6. The Balaban J connectivity index is 1.58. The lowest BCUT2D eigenvalue weighted by Crippen LogP contribution is -2.33. The van der Waals surface area contributed by atoms with Crippen LogP contribution in [0.1, 0.15) is 29.5 Å². The van der Waals surface area contributed by atoms with Crippen molar-refractivity contribution in [1.82, 2.24) is 4.98 Å². The molecule has 3 aromatic carbocycles. The summed E-state index contributed by atoms with van der Waals surface area (Å²) in [7, 11) is 0. The molecule has 4 aromatic rings. The normalized spacial score (nSPS) is 17.1. The molecule has 5 rings (SSSR count). The van der Waals surface area contributed by atoms with Crippen LogP contribution < -0.4 is 0 Å². The lowest BCUT2D eigenvalue weighted by atomic mass is 9.80. The van der Waals surface area contributed by atoms with Crippen molar-refractivity contribution in [2.75, 3.05) is 5.75 Å². The molecule has 0 saturated carbocycles. The molecule has 1 N–H and O–H groups in total. The summed E-state index contributed by atoms with van der Waals surface area (Å²) in [4.78, 5) is 4.92. The molecule has 1 atom stereocenters. The number of nitrogens with zero attached hydrogens (tertiary/aromatic N) is 2. The van der Waals surface area contributed by atoms with E-state index < -0.39 is 5.60 Å². The van der Waals surface area contributed by atoms with Crippen LogP contribution in [0, 0.1) is 11.3 Å². The zero-order valence-corrected chi connectivity index (χ0v) is 20.9. The lowest BCUT2D eigenvalue weighted by Gasteiger charge is -2.34. The molecule has 0 spiro atoms. The second kappa shape index (κ2) is 9.76. The van der Waals surface area contributed by atoms with Gasteiger partial charge < -0.3 is 5.11 Å². The summed E-state index contributed by atoms with van der Waals surface area (Å²) >= 11 is 4.97. The fraction of sp³-hybridized carbons (Fsp3) is 0.172. The maximum Gasteiger partial charge on any atom is 0.115 e. The average Bonchev–Trinajstić information content (AvgIpc) is 2.88. The van der Waals surface area contributed by atoms with Gasteiger partial charge >= 0.3 is 0 Å². The smallest absolute Gasteiger partial charge is 0.115 e. The predicted molar refractivity (Wildman–Crippen MR) is 142 cm³/mol. The monoisotopic (exact) mass is 526 g/mol. The number of halogens is 1. The fourth-order valence-electron chi connectivity index (χ4n) is 4.58. The van der Waals surface area contributed by atoms with Crippen molar-refractivity contribution in [1.29, 1.82) is 5.26 Å². The van der Waals surface area contributed by atoms with Crippen molar-refractivity contribution in [3.05, 3.63) is 106 Å². The summed E-state index contributed by atoms with van der Waals surface area (Å²) in [6, 6.07) is 30.5. The van der Waals surface area contributed by atoms with Crippen LogP contribution in [0.25, 0.3) is 22.4 Å². The second-order valence-corrected chi connectivity index (χ2v) is 10.4. The van der Waals surface area contributed by atoms with Crippen molar-refractivity contribution in [3.8, 4) is 28.5 Å². The van der Waals surface area contributed by atoms with Crippen LogP contribution in [0.5, 0.6) is 0 Å². The van der Waals surface area contributed by atoms with E-state index in [1.165, 1.54) is 17.3 Å². The number of hydrogen-bond donors (Lipinski definition) is 1. The summed E-state index contributed by atoms with van der Waals surface area (Å²) in [5.41, 5.74) is 5.44. The van der Waals surface area contributed by atoms with Gasteiger partial charge in [0.15, 0.2) is 0 Å². The van der Waals surface area contributed by atoms with E-state index in [-0.39, 0.29) is 0 Å². The molecule has 0 radical (unpaired) electrons. The molecule has 34 heavy (non-hydrogen) atoms. The Hall–Kier alpha value is -2.91. The van der Waals surface area contributed by atoms with Gasteiger partial charge in [0.25, 0.3) is 0 Å². The van der Waals surface area contributed by atoms with Gasteiger partial charge in [0, 0.05) is 21.4 Å². The van der Waals surface area contributed by atoms with E-state index in [4.69, 9.17) is 4.98 Å². The molecular weight excluding hydrogens is 504 g/mol. The fourth-order valence-corrected chi connectivity index (χ4v) is 5.99. The van der Waals surface area contributed by atoms with Crippen LogP contribution in [0.4, 0.5) is 0 Å². The number of aromatic nitrogens is 1. The van der Waals surface area contributed by atoms with E-state index in [2.05, 4.69) is 28.1 Å². The minimum atomic E-state index is -0.936. The van der Waals surface area contributed by atoms with Gasteiger partial charge in [-0.15, -0.1) is 11.8 Å². The van der Waals surface area contributed by atoms with Crippen molar-refractivity contribution >= 4 is 27.7 Å². The molecule has 1 aliphatic carbocycles. The highest BCUT2D eigenvalue weighted by molar-refractivity contribution is 9.10. The van der Waals surface area contributed by atoms with E-state index >= 15 is 0 Å². The summed E-state index contributed by atoms with van der Waals surface area (Å²) in [5.74, 6) is 0.448. The first-order chi connectivity index (χ1) is 16.6. The van der Waals surface area contributed by atoms with Gasteiger partial charge in [-0.2, -0.15) is 5.26 Å². The van der Waals surface area contributed by atoms with Crippen LogP contribution in [0.15, 0.2) is 94.4 Å². The van der Waals surface area contributed by atoms with E-state index in [1.807, 2.05) is 78.9 Å². The van der Waals surface area contributed by atoms with E-state index in [0.29, 0.717) is 22.8 Å². The van der Waals surface area contributed by atoms with Crippen molar-refractivity contribution in [2.24, 2.45) is 0 Å². The molecule has 1 aromatic heterocycles. The van der Waals surface area contributed by atoms with Crippen LogP contribution in [0.3, 0.4) is 0 Å². The topological polar surface area (TPSA) is 56.9 Å². The minimum absolute atomic E-state index is 0.448. The quantitative estimate of drug-likeness (QED) is 0.276. The van der Waals surface area contributed by atoms with E-state index in [1.54, 1.807) is 0 Å². The largest absolute Gasteiger partial charge is 0.384 e. The number of aliphatic hydroxyl groups is 1. The van der Waals surface area contributed by atoms with Crippen molar-refractivity contribution < 1.29 is 5.11 Å². The van der Waals surface area contributed by atoms with Gasteiger partial charge in [-0.1, -0.05) is 82.7 Å². The predicted octanol–water partition coefficient (Wildman–Crippen LogP) is 7.37. The maximum absolute atomic E-state index is 11.6. The number of nitriles is 1. The zero-order chi connectivity index (χ0) is 23.5. The molecule has 0 fully saturated rings. The van der Waals surface area contributed by atoms with Crippen molar-refractivity contribution in [3.63, 3.8) is 0 Å². The Morgan fingerprint density at radius 3 is 2.47 bits per heavy atom. The van der Waals surface area contributed by atoms with E-state index in [9.17, 15) is 10.4 Å². The summed E-state index contributed by atoms with van der Waals surface area (Å²) < 4.78 is 1.00. The molecule has 1 aliphatic rings. The van der Waals surface area contributed by atoms with Crippen LogP contribution in [0.2, 0.25) is 0 Å². The highest BCUT2D eigenvalue weighted by Crippen LogP contribution is 2.41. The first-order valence-electron chi connectivity index (χ1n) is 11.3. The summed E-state index contributed by atoms with van der Waals surface area (Å²) in [5, 5.41) is 22.4. The molecule has 1 unspecified atom stereocenters. The molecule has 0 aliphatic heterocycles.